The number of carbonyl (C=O) groups is 1. The lowest BCUT2D eigenvalue weighted by Crippen LogP contribution is -2.60. The summed E-state index contributed by atoms with van der Waals surface area (Å²) in [4.78, 5) is 21.6. The fraction of sp³-hybridized carbons (Fsp3) is 0.300. The molecule has 1 aliphatic rings. The second-order valence-electron chi connectivity index (χ2n) is 9.63. The van der Waals surface area contributed by atoms with Gasteiger partial charge in [-0.2, -0.15) is 0 Å². The van der Waals surface area contributed by atoms with Crippen LogP contribution in [0, 0.1) is 0 Å². The number of hydrogen-bond donors (Lipinski definition) is 2. The van der Waals surface area contributed by atoms with Crippen molar-refractivity contribution in [3.05, 3.63) is 108 Å². The molecule has 2 atom stereocenters. The molecule has 0 radical (unpaired) electrons. The highest BCUT2D eigenvalue weighted by Gasteiger charge is 2.34. The van der Waals surface area contributed by atoms with Gasteiger partial charge in [-0.3, -0.25) is 4.79 Å². The molecule has 1 amide bonds. The monoisotopic (exact) mass is 466 g/mol. The van der Waals surface area contributed by atoms with Gasteiger partial charge in [0.25, 0.3) is 0 Å². The van der Waals surface area contributed by atoms with E-state index in [1.165, 1.54) is 22.1 Å². The average Bonchev–Trinajstić information content (AvgIpc) is 3.29. The van der Waals surface area contributed by atoms with E-state index in [2.05, 4.69) is 99.9 Å². The van der Waals surface area contributed by atoms with Crippen LogP contribution in [0.25, 0.3) is 10.9 Å². The van der Waals surface area contributed by atoms with E-state index in [9.17, 15) is 4.79 Å². The number of aromatic amines is 1. The zero-order valence-corrected chi connectivity index (χ0v) is 20.4. The molecule has 2 heterocycles. The van der Waals surface area contributed by atoms with E-state index in [4.69, 9.17) is 0 Å². The Hall–Kier alpha value is -3.41. The summed E-state index contributed by atoms with van der Waals surface area (Å²) < 4.78 is 0. The van der Waals surface area contributed by atoms with Crippen LogP contribution in [-0.2, 0) is 24.2 Å². The molecule has 5 nitrogen and oxygen atoms in total. The lowest BCUT2D eigenvalue weighted by molar-refractivity contribution is -0.138. The second-order valence-corrected chi connectivity index (χ2v) is 9.63. The summed E-state index contributed by atoms with van der Waals surface area (Å²) >= 11 is 0. The number of para-hydroxylation sites is 1. The third kappa shape index (κ3) is 5.64. The number of nitrogens with zero attached hydrogens (tertiary/aromatic N) is 2. The number of likely N-dealkylation sites (N-methyl/N-ethyl adjacent to an activating group) is 1. The molecule has 0 saturated carbocycles. The number of amides is 1. The van der Waals surface area contributed by atoms with Crippen LogP contribution in [0.5, 0.6) is 0 Å². The Morgan fingerprint density at radius 3 is 2.40 bits per heavy atom. The first-order valence-electron chi connectivity index (χ1n) is 12.5. The van der Waals surface area contributed by atoms with Crippen molar-refractivity contribution < 1.29 is 4.79 Å². The van der Waals surface area contributed by atoms with E-state index in [1.807, 2.05) is 18.3 Å². The molecule has 0 bridgehead atoms. The van der Waals surface area contributed by atoms with Crippen molar-refractivity contribution in [2.75, 3.05) is 26.7 Å². The quantitative estimate of drug-likeness (QED) is 0.388. The number of rotatable bonds is 9. The number of fused-ring (bicyclic) bond motifs is 1. The number of aromatic nitrogens is 1. The number of carbonyl (C=O) groups excluding carboxylic acids is 1. The molecule has 1 saturated heterocycles. The Kier molecular flexibility index (Phi) is 7.26. The predicted molar refractivity (Wildman–Crippen MR) is 142 cm³/mol. The Labute approximate surface area is 207 Å². The van der Waals surface area contributed by atoms with Crippen LogP contribution < -0.4 is 5.32 Å². The van der Waals surface area contributed by atoms with E-state index in [-0.39, 0.29) is 18.0 Å². The SMILES string of the molecule is CN(Cc1ccccc1)C[C@H](Cc1ccccc1)N1CCN[C@H](Cc2c[nH]c3ccccc23)C1=O. The summed E-state index contributed by atoms with van der Waals surface area (Å²) in [5, 5.41) is 4.69. The largest absolute Gasteiger partial charge is 0.361 e. The molecule has 5 heteroatoms. The molecule has 0 spiro atoms. The molecule has 4 aromatic rings. The summed E-state index contributed by atoms with van der Waals surface area (Å²) in [5.74, 6) is 0.204. The maximum Gasteiger partial charge on any atom is 0.240 e. The highest BCUT2D eigenvalue weighted by Crippen LogP contribution is 2.22. The number of benzene rings is 3. The van der Waals surface area contributed by atoms with Gasteiger partial charge < -0.3 is 20.1 Å². The zero-order chi connectivity index (χ0) is 24.0. The van der Waals surface area contributed by atoms with Crippen LogP contribution in [0.1, 0.15) is 16.7 Å². The number of piperazine rings is 1. The molecular weight excluding hydrogens is 432 g/mol. The van der Waals surface area contributed by atoms with E-state index < -0.39 is 0 Å². The normalized spacial score (nSPS) is 17.3. The minimum Gasteiger partial charge on any atom is -0.361 e. The molecule has 0 aliphatic carbocycles. The first-order valence-corrected chi connectivity index (χ1v) is 12.5. The van der Waals surface area contributed by atoms with Crippen LogP contribution in [0.15, 0.2) is 91.1 Å². The van der Waals surface area contributed by atoms with E-state index in [0.29, 0.717) is 6.42 Å². The molecule has 180 valence electrons. The van der Waals surface area contributed by atoms with Gasteiger partial charge >= 0.3 is 0 Å². The van der Waals surface area contributed by atoms with Gasteiger partial charge in [0.05, 0.1) is 6.04 Å². The van der Waals surface area contributed by atoms with Crippen molar-refractivity contribution in [1.29, 1.82) is 0 Å². The lowest BCUT2D eigenvalue weighted by Gasteiger charge is -2.40. The van der Waals surface area contributed by atoms with Crippen molar-refractivity contribution in [2.24, 2.45) is 0 Å². The second kappa shape index (κ2) is 10.9. The van der Waals surface area contributed by atoms with Gasteiger partial charge in [-0.05, 0) is 42.6 Å². The third-order valence-electron chi connectivity index (χ3n) is 7.00. The van der Waals surface area contributed by atoms with Gasteiger partial charge in [-0.25, -0.2) is 0 Å². The molecule has 1 aromatic heterocycles. The number of nitrogens with one attached hydrogen (secondary N) is 2. The zero-order valence-electron chi connectivity index (χ0n) is 20.4. The fourth-order valence-corrected chi connectivity index (χ4v) is 5.28. The minimum atomic E-state index is -0.208. The van der Waals surface area contributed by atoms with Crippen LogP contribution in [0.3, 0.4) is 0 Å². The highest BCUT2D eigenvalue weighted by atomic mass is 16.2. The molecular formula is C30H34N4O. The van der Waals surface area contributed by atoms with Crippen molar-refractivity contribution in [3.63, 3.8) is 0 Å². The van der Waals surface area contributed by atoms with Gasteiger partial charge in [0.2, 0.25) is 5.91 Å². The predicted octanol–water partition coefficient (Wildman–Crippen LogP) is 4.25. The summed E-state index contributed by atoms with van der Waals surface area (Å²) in [6, 6.07) is 29.3. The highest BCUT2D eigenvalue weighted by molar-refractivity contribution is 5.86. The molecule has 3 aromatic carbocycles. The fourth-order valence-electron chi connectivity index (χ4n) is 5.28. The minimum absolute atomic E-state index is 0.117. The standard InChI is InChI=1S/C30H34N4O/c1-33(21-24-12-6-3-7-13-24)22-26(18-23-10-4-2-5-11-23)34-17-16-31-29(30(34)35)19-25-20-32-28-15-9-8-14-27(25)28/h2-15,20,26,29,31-32H,16-19,21-22H2,1H3/t26-,29+/m0/s1. The molecule has 35 heavy (non-hydrogen) atoms. The molecule has 1 fully saturated rings. The van der Waals surface area contributed by atoms with Crippen molar-refractivity contribution in [3.8, 4) is 0 Å². The van der Waals surface area contributed by atoms with Crippen molar-refractivity contribution >= 4 is 16.8 Å². The number of hydrogen-bond acceptors (Lipinski definition) is 3. The molecule has 2 N–H and O–H groups in total. The first-order chi connectivity index (χ1) is 17.2. The molecule has 0 unspecified atom stereocenters. The van der Waals surface area contributed by atoms with Crippen LogP contribution >= 0.6 is 0 Å². The maximum absolute atomic E-state index is 13.8. The summed E-state index contributed by atoms with van der Waals surface area (Å²) in [6.07, 6.45) is 3.59. The number of H-pyrrole nitrogens is 1. The van der Waals surface area contributed by atoms with Gasteiger partial charge in [-0.1, -0.05) is 78.9 Å². The van der Waals surface area contributed by atoms with Crippen molar-refractivity contribution in [1.82, 2.24) is 20.1 Å². The summed E-state index contributed by atoms with van der Waals surface area (Å²) in [5.41, 5.74) is 4.86. The Morgan fingerprint density at radius 2 is 1.63 bits per heavy atom. The van der Waals surface area contributed by atoms with Gasteiger partial charge in [0.1, 0.15) is 0 Å². The van der Waals surface area contributed by atoms with Crippen molar-refractivity contribution in [2.45, 2.75) is 31.5 Å². The Balaban J connectivity index is 1.34. The van der Waals surface area contributed by atoms with Gasteiger partial charge in [0, 0.05) is 49.3 Å². The maximum atomic E-state index is 13.8. The van der Waals surface area contributed by atoms with Crippen LogP contribution in [-0.4, -0.2) is 59.5 Å². The molecule has 5 rings (SSSR count). The van der Waals surface area contributed by atoms with E-state index >= 15 is 0 Å². The molecule has 1 aliphatic heterocycles. The smallest absolute Gasteiger partial charge is 0.240 e. The lowest BCUT2D eigenvalue weighted by atomic mass is 9.98. The third-order valence-corrected chi connectivity index (χ3v) is 7.00. The Morgan fingerprint density at radius 1 is 0.943 bits per heavy atom. The van der Waals surface area contributed by atoms with Crippen LogP contribution in [0.2, 0.25) is 0 Å². The topological polar surface area (TPSA) is 51.4 Å². The van der Waals surface area contributed by atoms with E-state index in [1.54, 1.807) is 0 Å². The summed E-state index contributed by atoms with van der Waals surface area (Å²) in [7, 11) is 2.15. The van der Waals surface area contributed by atoms with Gasteiger partial charge in [0.15, 0.2) is 0 Å². The van der Waals surface area contributed by atoms with Gasteiger partial charge in [-0.15, -0.1) is 0 Å². The van der Waals surface area contributed by atoms with Crippen LogP contribution in [0.4, 0.5) is 0 Å². The summed E-state index contributed by atoms with van der Waals surface area (Å²) in [6.45, 7) is 3.24. The average molecular weight is 467 g/mol. The Bertz CT molecular complexity index is 1240. The first kappa shape index (κ1) is 23.3. The van der Waals surface area contributed by atoms with E-state index in [0.717, 1.165) is 38.1 Å².